The van der Waals surface area contributed by atoms with Crippen molar-refractivity contribution in [2.24, 2.45) is 0 Å². The molecule has 0 spiro atoms. The van der Waals surface area contributed by atoms with Gasteiger partial charge >= 0.3 is 0 Å². The van der Waals surface area contributed by atoms with E-state index in [4.69, 9.17) is 16.3 Å². The summed E-state index contributed by atoms with van der Waals surface area (Å²) in [6.45, 7) is 2.82. The van der Waals surface area contributed by atoms with Crippen LogP contribution in [0.25, 0.3) is 6.08 Å². The second-order valence-corrected chi connectivity index (χ2v) is 9.00. The average Bonchev–Trinajstić information content (AvgIpc) is 3.71. The third kappa shape index (κ3) is 7.20. The molecule has 3 aromatic rings. The van der Waals surface area contributed by atoms with Gasteiger partial charge in [-0.15, -0.1) is 0 Å². The van der Waals surface area contributed by atoms with Crippen molar-refractivity contribution >= 4 is 29.5 Å². The fourth-order valence-electron chi connectivity index (χ4n) is 3.70. The number of likely N-dealkylation sites (N-methyl/N-ethyl adjacent to an activating group) is 1. The number of ether oxygens (including phenoxy) is 1. The maximum atomic E-state index is 12.9. The van der Waals surface area contributed by atoms with E-state index in [-0.39, 0.29) is 17.5 Å². The number of hydrogen-bond donors (Lipinski definition) is 2. The first-order chi connectivity index (χ1) is 17.0. The number of benzene rings is 3. The zero-order chi connectivity index (χ0) is 24.6. The molecule has 1 aliphatic rings. The van der Waals surface area contributed by atoms with Crippen LogP contribution in [-0.2, 0) is 11.2 Å². The first-order valence-corrected chi connectivity index (χ1v) is 12.3. The Bertz CT molecular complexity index is 1180. The average molecular weight is 489 g/mol. The van der Waals surface area contributed by atoms with E-state index in [0.29, 0.717) is 35.4 Å². The van der Waals surface area contributed by atoms with E-state index in [1.807, 2.05) is 43.3 Å². The monoisotopic (exact) mass is 488 g/mol. The molecule has 1 aliphatic carbocycles. The summed E-state index contributed by atoms with van der Waals surface area (Å²) >= 11 is 5.92. The van der Waals surface area contributed by atoms with Gasteiger partial charge < -0.3 is 15.4 Å². The van der Waals surface area contributed by atoms with Gasteiger partial charge in [-0.3, -0.25) is 9.59 Å². The molecule has 1 saturated carbocycles. The first-order valence-electron chi connectivity index (χ1n) is 11.9. The molecular weight excluding hydrogens is 460 g/mol. The normalized spacial score (nSPS) is 13.3. The summed E-state index contributed by atoms with van der Waals surface area (Å²) in [5.41, 5.74) is 3.97. The summed E-state index contributed by atoms with van der Waals surface area (Å²) in [6.07, 6.45) is 4.93. The number of halogens is 1. The Labute approximate surface area is 211 Å². The molecule has 0 heterocycles. The molecular formula is C29H29ClN2O3. The van der Waals surface area contributed by atoms with Gasteiger partial charge in [-0.1, -0.05) is 48.0 Å². The van der Waals surface area contributed by atoms with Gasteiger partial charge in [-0.25, -0.2) is 0 Å². The largest absolute Gasteiger partial charge is 0.493 e. The van der Waals surface area contributed by atoms with Crippen LogP contribution in [0.2, 0.25) is 5.02 Å². The van der Waals surface area contributed by atoms with E-state index in [0.717, 1.165) is 17.5 Å². The van der Waals surface area contributed by atoms with Crippen LogP contribution in [0.15, 0.2) is 78.5 Å². The molecule has 2 N–H and O–H groups in total. The molecule has 2 amide bonds. The number of carbonyl (C=O) groups is 2. The van der Waals surface area contributed by atoms with Crippen molar-refractivity contribution in [3.05, 3.63) is 106 Å². The van der Waals surface area contributed by atoms with Crippen molar-refractivity contribution in [1.82, 2.24) is 10.6 Å². The van der Waals surface area contributed by atoms with Gasteiger partial charge in [-0.05, 0) is 84.8 Å². The molecule has 0 saturated heterocycles. The van der Waals surface area contributed by atoms with Gasteiger partial charge in [0, 0.05) is 23.6 Å². The number of carbonyl (C=O) groups excluding carboxylic acids is 2. The lowest BCUT2D eigenvalue weighted by molar-refractivity contribution is -0.117. The van der Waals surface area contributed by atoms with Crippen molar-refractivity contribution < 1.29 is 14.3 Å². The van der Waals surface area contributed by atoms with E-state index in [2.05, 4.69) is 22.8 Å². The summed E-state index contributed by atoms with van der Waals surface area (Å²) < 4.78 is 5.80. The molecule has 3 aromatic carbocycles. The van der Waals surface area contributed by atoms with Gasteiger partial charge in [0.2, 0.25) is 0 Å². The van der Waals surface area contributed by atoms with E-state index >= 15 is 0 Å². The van der Waals surface area contributed by atoms with Crippen LogP contribution >= 0.6 is 11.6 Å². The second kappa shape index (κ2) is 11.7. The molecule has 35 heavy (non-hydrogen) atoms. The van der Waals surface area contributed by atoms with Gasteiger partial charge in [-0.2, -0.15) is 0 Å². The van der Waals surface area contributed by atoms with Crippen LogP contribution < -0.4 is 15.4 Å². The quantitative estimate of drug-likeness (QED) is 0.357. The zero-order valence-corrected chi connectivity index (χ0v) is 20.5. The molecule has 1 fully saturated rings. The lowest BCUT2D eigenvalue weighted by atomic mass is 10.1. The standard InChI is InChI=1S/C29H29ClN2O3/c1-2-31-29(34)27(19-21-3-7-22(8-4-21)23-9-10-23)32-28(33)24-11-15-26(16-12-24)35-18-17-20-5-13-25(30)14-6-20/h3-8,11-16,19,23H,2,9-10,17-18H2,1H3,(H,31,34)(H,32,33). The van der Waals surface area contributed by atoms with E-state index in [9.17, 15) is 9.59 Å². The summed E-state index contributed by atoms with van der Waals surface area (Å²) in [4.78, 5) is 25.4. The van der Waals surface area contributed by atoms with Crippen molar-refractivity contribution in [2.75, 3.05) is 13.2 Å². The molecule has 0 aliphatic heterocycles. The highest BCUT2D eigenvalue weighted by Crippen LogP contribution is 2.39. The van der Waals surface area contributed by atoms with Crippen LogP contribution in [0.5, 0.6) is 5.75 Å². The predicted octanol–water partition coefficient (Wildman–Crippen LogP) is 5.75. The van der Waals surface area contributed by atoms with Crippen molar-refractivity contribution in [1.29, 1.82) is 0 Å². The molecule has 0 bridgehead atoms. The second-order valence-electron chi connectivity index (χ2n) is 8.56. The minimum Gasteiger partial charge on any atom is -0.493 e. The zero-order valence-electron chi connectivity index (χ0n) is 19.7. The minimum absolute atomic E-state index is 0.208. The topological polar surface area (TPSA) is 67.4 Å². The van der Waals surface area contributed by atoms with Gasteiger partial charge in [0.15, 0.2) is 0 Å². The molecule has 4 rings (SSSR count). The van der Waals surface area contributed by atoms with Crippen molar-refractivity contribution in [3.63, 3.8) is 0 Å². The summed E-state index contributed by atoms with van der Waals surface area (Å²) in [5, 5.41) is 6.23. The third-order valence-corrected chi connectivity index (χ3v) is 6.07. The molecule has 0 unspecified atom stereocenters. The Hall–Kier alpha value is -3.57. The fraction of sp³-hybridized carbons (Fsp3) is 0.241. The number of rotatable bonds is 10. The van der Waals surface area contributed by atoms with Crippen LogP contribution in [0.1, 0.15) is 52.7 Å². The summed E-state index contributed by atoms with van der Waals surface area (Å²) in [7, 11) is 0. The highest BCUT2D eigenvalue weighted by Gasteiger charge is 2.23. The molecule has 6 heteroatoms. The highest BCUT2D eigenvalue weighted by atomic mass is 35.5. The molecule has 0 aromatic heterocycles. The van der Waals surface area contributed by atoms with Crippen molar-refractivity contribution in [2.45, 2.75) is 32.1 Å². The maximum absolute atomic E-state index is 12.9. The van der Waals surface area contributed by atoms with Crippen LogP contribution in [-0.4, -0.2) is 25.0 Å². The van der Waals surface area contributed by atoms with E-state index < -0.39 is 0 Å². The SMILES string of the molecule is CCNC(=O)C(=Cc1ccc(C2CC2)cc1)NC(=O)c1ccc(OCCc2ccc(Cl)cc2)cc1. The number of nitrogens with one attached hydrogen (secondary N) is 2. The highest BCUT2D eigenvalue weighted by molar-refractivity contribution is 6.30. The Morgan fingerprint density at radius 3 is 2.29 bits per heavy atom. The van der Waals surface area contributed by atoms with Gasteiger partial charge in [0.25, 0.3) is 11.8 Å². The fourth-order valence-corrected chi connectivity index (χ4v) is 3.82. The molecule has 0 atom stereocenters. The van der Waals surface area contributed by atoms with Crippen LogP contribution in [0, 0.1) is 0 Å². The van der Waals surface area contributed by atoms with Crippen molar-refractivity contribution in [3.8, 4) is 5.75 Å². The third-order valence-electron chi connectivity index (χ3n) is 5.82. The lowest BCUT2D eigenvalue weighted by Crippen LogP contribution is -2.34. The van der Waals surface area contributed by atoms with E-state index in [1.165, 1.54) is 18.4 Å². The molecule has 5 nitrogen and oxygen atoms in total. The Kier molecular flexibility index (Phi) is 8.22. The van der Waals surface area contributed by atoms with Gasteiger partial charge in [0.1, 0.15) is 11.4 Å². The molecule has 0 radical (unpaired) electrons. The predicted molar refractivity (Wildman–Crippen MR) is 140 cm³/mol. The minimum atomic E-state index is -0.357. The Morgan fingerprint density at radius 2 is 1.66 bits per heavy atom. The van der Waals surface area contributed by atoms with E-state index in [1.54, 1.807) is 30.3 Å². The first kappa shape index (κ1) is 24.6. The Balaban J connectivity index is 1.37. The number of hydrogen-bond acceptors (Lipinski definition) is 3. The smallest absolute Gasteiger partial charge is 0.267 e. The maximum Gasteiger partial charge on any atom is 0.267 e. The summed E-state index contributed by atoms with van der Waals surface area (Å²) in [5.74, 6) is 0.657. The number of amides is 2. The van der Waals surface area contributed by atoms with Crippen LogP contribution in [0.4, 0.5) is 0 Å². The van der Waals surface area contributed by atoms with Crippen LogP contribution in [0.3, 0.4) is 0 Å². The Morgan fingerprint density at radius 1 is 0.971 bits per heavy atom. The molecule has 180 valence electrons. The van der Waals surface area contributed by atoms with Gasteiger partial charge in [0.05, 0.1) is 6.61 Å². The lowest BCUT2D eigenvalue weighted by Gasteiger charge is -2.11. The summed E-state index contributed by atoms with van der Waals surface area (Å²) in [6, 6.07) is 22.7.